The number of carbonyl (C=O) groups is 2. The van der Waals surface area contributed by atoms with Gasteiger partial charge in [-0.2, -0.15) is 0 Å². The van der Waals surface area contributed by atoms with E-state index in [0.717, 1.165) is 0 Å². The maximum Gasteiger partial charge on any atom is 0.259 e. The molecular weight excluding hydrogens is 292 g/mol. The highest BCUT2D eigenvalue weighted by atomic mass is 79.9. The summed E-state index contributed by atoms with van der Waals surface area (Å²) in [4.78, 5) is 23.3. The summed E-state index contributed by atoms with van der Waals surface area (Å²) in [7, 11) is 1.48. The number of nitrogens with one attached hydrogen (secondary N) is 1. The minimum atomic E-state index is -0.609. The van der Waals surface area contributed by atoms with Crippen LogP contribution < -0.4 is 5.32 Å². The summed E-state index contributed by atoms with van der Waals surface area (Å²) in [5, 5.41) is 11.3. The van der Waals surface area contributed by atoms with Crippen LogP contribution in [0.1, 0.15) is 0 Å². The molecule has 2 atom stereocenters. The summed E-state index contributed by atoms with van der Waals surface area (Å²) in [6.07, 6.45) is 4.12. The lowest BCUT2D eigenvalue weighted by molar-refractivity contribution is -0.125. The van der Waals surface area contributed by atoms with Crippen LogP contribution in [0.15, 0.2) is 22.8 Å². The molecule has 0 aromatic rings. The van der Waals surface area contributed by atoms with Crippen LogP contribution in [-0.2, 0) is 14.3 Å². The van der Waals surface area contributed by atoms with Gasteiger partial charge >= 0.3 is 0 Å². The molecule has 2 N–H and O–H groups in total. The average Bonchev–Trinajstić information content (AvgIpc) is 2.83. The van der Waals surface area contributed by atoms with E-state index in [1.54, 1.807) is 12.2 Å². The van der Waals surface area contributed by atoms with E-state index in [0.29, 0.717) is 6.41 Å². The van der Waals surface area contributed by atoms with Gasteiger partial charge in [0.1, 0.15) is 6.10 Å². The highest BCUT2D eigenvalue weighted by Crippen LogP contribution is 2.16. The van der Waals surface area contributed by atoms with Crippen LogP contribution in [-0.4, -0.2) is 48.3 Å². The predicted octanol–water partition coefficient (Wildman–Crippen LogP) is -0.300. The van der Waals surface area contributed by atoms with Crippen molar-refractivity contribution in [2.45, 2.75) is 12.3 Å². The van der Waals surface area contributed by atoms with Gasteiger partial charge in [0.05, 0.1) is 11.1 Å². The number of amides is 2. The lowest BCUT2D eigenvalue weighted by atomic mass is 10.4. The molecule has 0 saturated carbocycles. The first-order valence-corrected chi connectivity index (χ1v) is 5.68. The highest BCUT2D eigenvalue weighted by Gasteiger charge is 2.23. The molecule has 17 heavy (non-hydrogen) atoms. The minimum Gasteiger partial charge on any atom is -0.393 e. The molecule has 0 saturated heterocycles. The molecule has 6 nitrogen and oxygen atoms in total. The largest absolute Gasteiger partial charge is 0.393 e. The Morgan fingerprint density at radius 3 is 2.82 bits per heavy atom. The van der Waals surface area contributed by atoms with E-state index in [-0.39, 0.29) is 17.0 Å². The molecule has 0 aromatic carbocycles. The van der Waals surface area contributed by atoms with Crippen LogP contribution in [0.2, 0.25) is 0 Å². The minimum absolute atomic E-state index is 0.153. The zero-order valence-corrected chi connectivity index (χ0v) is 10.8. The molecule has 1 aliphatic rings. The summed E-state index contributed by atoms with van der Waals surface area (Å²) in [5.41, 5.74) is 0. The molecule has 1 aliphatic heterocycles. The predicted molar refractivity (Wildman–Crippen MR) is 63.9 cm³/mol. The fraction of sp³-hybridized carbons (Fsp3) is 0.400. The number of hydrogen-bond acceptors (Lipinski definition) is 4. The fourth-order valence-corrected chi connectivity index (χ4v) is 1.67. The third kappa shape index (κ3) is 3.65. The number of nitrogens with zero attached hydrogens (tertiary/aromatic N) is 1. The molecular formula is C10H13BrN2O4. The lowest BCUT2D eigenvalue weighted by Crippen LogP contribution is -2.31. The maximum atomic E-state index is 11.2. The zero-order valence-electron chi connectivity index (χ0n) is 9.17. The van der Waals surface area contributed by atoms with E-state index in [4.69, 9.17) is 9.84 Å². The van der Waals surface area contributed by atoms with Crippen LogP contribution in [0.4, 0.5) is 0 Å². The number of rotatable bonds is 5. The van der Waals surface area contributed by atoms with Crippen molar-refractivity contribution >= 4 is 28.2 Å². The van der Waals surface area contributed by atoms with E-state index < -0.39 is 12.3 Å². The first kappa shape index (κ1) is 13.9. The Labute approximate surface area is 107 Å². The molecule has 0 bridgehead atoms. The number of carbonyl (C=O) groups excluding carboxylic acids is 2. The number of aliphatic hydroxyl groups is 1. The molecule has 0 fully saturated rings. The number of ether oxygens (including phenoxy) is 1. The van der Waals surface area contributed by atoms with Gasteiger partial charge in [0.15, 0.2) is 6.23 Å². The summed E-state index contributed by atoms with van der Waals surface area (Å²) < 4.78 is 5.52. The van der Waals surface area contributed by atoms with Gasteiger partial charge in [0.2, 0.25) is 6.41 Å². The smallest absolute Gasteiger partial charge is 0.259 e. The molecule has 0 radical (unpaired) electrons. The Bertz CT molecular complexity index is 356. The van der Waals surface area contributed by atoms with Crippen LogP contribution in [0, 0.1) is 0 Å². The zero-order chi connectivity index (χ0) is 12.8. The topological polar surface area (TPSA) is 78.9 Å². The Morgan fingerprint density at radius 1 is 1.65 bits per heavy atom. The summed E-state index contributed by atoms with van der Waals surface area (Å²) >= 11 is 3.04. The van der Waals surface area contributed by atoms with Crippen molar-refractivity contribution in [3.8, 4) is 0 Å². The van der Waals surface area contributed by atoms with Gasteiger partial charge in [-0.05, 0) is 22.0 Å². The first-order chi connectivity index (χ1) is 8.12. The van der Waals surface area contributed by atoms with Crippen molar-refractivity contribution < 1.29 is 19.4 Å². The molecule has 7 heteroatoms. The molecule has 1 heterocycles. The number of hydrogen-bond donors (Lipinski definition) is 2. The van der Waals surface area contributed by atoms with Crippen LogP contribution >= 0.6 is 15.9 Å². The molecule has 0 spiro atoms. The SMILES string of the molecule is CNC(=O)/C(Br)=C\N(C=O)C1C=CC(CO)O1. The van der Waals surface area contributed by atoms with Crippen molar-refractivity contribution in [1.82, 2.24) is 10.2 Å². The van der Waals surface area contributed by atoms with Gasteiger partial charge in [-0.25, -0.2) is 0 Å². The molecule has 0 aliphatic carbocycles. The lowest BCUT2D eigenvalue weighted by Gasteiger charge is -2.21. The Morgan fingerprint density at radius 2 is 2.35 bits per heavy atom. The molecule has 2 amide bonds. The van der Waals surface area contributed by atoms with Gasteiger partial charge < -0.3 is 15.2 Å². The second-order valence-electron chi connectivity index (χ2n) is 3.24. The second kappa shape index (κ2) is 6.53. The first-order valence-electron chi connectivity index (χ1n) is 4.89. The van der Waals surface area contributed by atoms with Gasteiger partial charge in [-0.3, -0.25) is 14.5 Å². The van der Waals surface area contributed by atoms with E-state index in [9.17, 15) is 9.59 Å². The monoisotopic (exact) mass is 304 g/mol. The summed E-state index contributed by atoms with van der Waals surface area (Å²) in [5.74, 6) is -0.350. The van der Waals surface area contributed by atoms with Crippen molar-refractivity contribution in [3.05, 3.63) is 22.8 Å². The molecule has 1 rings (SSSR count). The molecule has 0 aromatic heterocycles. The van der Waals surface area contributed by atoms with Gasteiger partial charge in [-0.15, -0.1) is 0 Å². The van der Waals surface area contributed by atoms with Crippen LogP contribution in [0.3, 0.4) is 0 Å². The van der Waals surface area contributed by atoms with Gasteiger partial charge in [-0.1, -0.05) is 6.08 Å². The number of likely N-dealkylation sites (N-methyl/N-ethyl adjacent to an activating group) is 1. The molecule has 94 valence electrons. The Balaban J connectivity index is 2.70. The standard InChI is InChI=1S/C10H13BrN2O4/c1-12-10(16)8(11)4-13(6-15)9-3-2-7(5-14)17-9/h2-4,6-7,9,14H,5H2,1H3,(H,12,16)/b8-4+. The summed E-state index contributed by atoms with van der Waals surface area (Å²) in [6.45, 7) is -0.153. The van der Waals surface area contributed by atoms with Gasteiger partial charge in [0.25, 0.3) is 5.91 Å². The van der Waals surface area contributed by atoms with Crippen LogP contribution in [0.5, 0.6) is 0 Å². The van der Waals surface area contributed by atoms with Gasteiger partial charge in [0, 0.05) is 13.2 Å². The third-order valence-corrected chi connectivity index (χ3v) is 2.67. The van der Waals surface area contributed by atoms with Crippen molar-refractivity contribution in [2.24, 2.45) is 0 Å². The fourth-order valence-electron chi connectivity index (χ4n) is 1.24. The van der Waals surface area contributed by atoms with E-state index >= 15 is 0 Å². The van der Waals surface area contributed by atoms with Crippen molar-refractivity contribution in [3.63, 3.8) is 0 Å². The summed E-state index contributed by atoms with van der Waals surface area (Å²) in [6, 6.07) is 0. The maximum absolute atomic E-state index is 11.2. The average molecular weight is 305 g/mol. The highest BCUT2D eigenvalue weighted by molar-refractivity contribution is 9.12. The Hall–Kier alpha value is -1.18. The van der Waals surface area contributed by atoms with E-state index in [2.05, 4.69) is 21.2 Å². The Kier molecular flexibility index (Phi) is 5.33. The van der Waals surface area contributed by atoms with E-state index in [1.165, 1.54) is 18.1 Å². The van der Waals surface area contributed by atoms with Crippen molar-refractivity contribution in [2.75, 3.05) is 13.7 Å². The molecule has 2 unspecified atom stereocenters. The van der Waals surface area contributed by atoms with E-state index in [1.807, 2.05) is 0 Å². The normalized spacial score (nSPS) is 23.6. The number of halogens is 1. The van der Waals surface area contributed by atoms with Crippen LogP contribution in [0.25, 0.3) is 0 Å². The van der Waals surface area contributed by atoms with Crippen molar-refractivity contribution in [1.29, 1.82) is 0 Å². The second-order valence-corrected chi connectivity index (χ2v) is 4.10. The third-order valence-electron chi connectivity index (χ3n) is 2.11. The number of aliphatic hydroxyl groups excluding tert-OH is 1. The quantitative estimate of drug-likeness (QED) is 0.415.